The molecular weight excluding hydrogens is 358 g/mol. The molecule has 0 unspecified atom stereocenters. The number of rotatable bonds is 2. The lowest BCUT2D eigenvalue weighted by Crippen LogP contribution is -2.44. The van der Waals surface area contributed by atoms with E-state index >= 15 is 0 Å². The smallest absolute Gasteiger partial charge is 0.0410 e. The molecule has 0 aliphatic carbocycles. The van der Waals surface area contributed by atoms with Crippen LogP contribution in [0.3, 0.4) is 0 Å². The van der Waals surface area contributed by atoms with Gasteiger partial charge in [-0.1, -0.05) is 27.5 Å². The van der Waals surface area contributed by atoms with Crippen LogP contribution in [0, 0.1) is 0 Å². The number of piperazine rings is 1. The maximum Gasteiger partial charge on any atom is 0.0410 e. The van der Waals surface area contributed by atoms with Gasteiger partial charge in [0.25, 0.3) is 0 Å². The first-order valence-electron chi connectivity index (χ1n) is 5.58. The molecule has 1 fully saturated rings. The van der Waals surface area contributed by atoms with Crippen molar-refractivity contribution >= 4 is 52.3 Å². The molecule has 0 amide bonds. The highest BCUT2D eigenvalue weighted by Gasteiger charge is 2.19. The second-order valence-electron chi connectivity index (χ2n) is 4.13. The lowest BCUT2D eigenvalue weighted by Gasteiger charge is -2.33. The van der Waals surface area contributed by atoms with Crippen molar-refractivity contribution in [3.8, 4) is 0 Å². The zero-order valence-corrected chi connectivity index (χ0v) is 14.1. The number of nitrogens with zero attached hydrogens (tertiary/aromatic N) is 1. The molecule has 1 atom stereocenters. The number of hydrogen-bond donors (Lipinski definition) is 1. The van der Waals surface area contributed by atoms with Gasteiger partial charge in [0.1, 0.15) is 0 Å². The molecule has 1 aromatic carbocycles. The van der Waals surface area contributed by atoms with Crippen LogP contribution in [0.5, 0.6) is 0 Å². The Morgan fingerprint density at radius 1 is 1.28 bits per heavy atom. The van der Waals surface area contributed by atoms with Crippen LogP contribution in [0.4, 0.5) is 0 Å². The Balaban J connectivity index is 0.00000144. The van der Waals surface area contributed by atoms with E-state index in [0.717, 1.165) is 35.7 Å². The van der Waals surface area contributed by atoms with Crippen LogP contribution in [0.2, 0.25) is 5.02 Å². The Bertz CT molecular complexity index is 370. The minimum atomic E-state index is 0. The molecular formula is C12H18BrCl3N2. The molecule has 18 heavy (non-hydrogen) atoms. The first-order chi connectivity index (χ1) is 7.68. The van der Waals surface area contributed by atoms with Gasteiger partial charge in [0.15, 0.2) is 0 Å². The normalized spacial score (nSPS) is 17.5. The van der Waals surface area contributed by atoms with Crippen LogP contribution in [-0.2, 0) is 0 Å². The van der Waals surface area contributed by atoms with Gasteiger partial charge in [-0.2, -0.15) is 0 Å². The van der Waals surface area contributed by atoms with E-state index in [1.54, 1.807) is 0 Å². The van der Waals surface area contributed by atoms with Crippen LogP contribution in [-0.4, -0.2) is 31.1 Å². The quantitative estimate of drug-likeness (QED) is 0.842. The van der Waals surface area contributed by atoms with Gasteiger partial charge >= 0.3 is 0 Å². The molecule has 6 heteroatoms. The highest BCUT2D eigenvalue weighted by molar-refractivity contribution is 9.10. The fraction of sp³-hybridized carbons (Fsp3) is 0.500. The molecule has 1 aromatic rings. The van der Waals surface area contributed by atoms with Gasteiger partial charge in [-0.3, -0.25) is 4.90 Å². The monoisotopic (exact) mass is 374 g/mol. The van der Waals surface area contributed by atoms with Gasteiger partial charge in [-0.15, -0.1) is 24.8 Å². The van der Waals surface area contributed by atoms with Crippen molar-refractivity contribution < 1.29 is 0 Å². The SMILES string of the molecule is C[C@H](c1cc(Cl)ccc1Br)N1CCNCC1.Cl.Cl. The van der Waals surface area contributed by atoms with Crippen LogP contribution in [0.15, 0.2) is 22.7 Å². The summed E-state index contributed by atoms with van der Waals surface area (Å²) < 4.78 is 1.14. The molecule has 104 valence electrons. The van der Waals surface area contributed by atoms with Crippen LogP contribution >= 0.6 is 52.3 Å². The number of nitrogens with one attached hydrogen (secondary N) is 1. The molecule has 0 saturated carbocycles. The fourth-order valence-electron chi connectivity index (χ4n) is 2.10. The van der Waals surface area contributed by atoms with Crippen molar-refractivity contribution in [3.63, 3.8) is 0 Å². The lowest BCUT2D eigenvalue weighted by molar-refractivity contribution is 0.185. The molecule has 0 spiro atoms. The third-order valence-electron chi connectivity index (χ3n) is 3.11. The van der Waals surface area contributed by atoms with Gasteiger partial charge in [0.05, 0.1) is 0 Å². The highest BCUT2D eigenvalue weighted by Crippen LogP contribution is 2.30. The van der Waals surface area contributed by atoms with Gasteiger partial charge in [-0.25, -0.2) is 0 Å². The Labute approximate surface area is 134 Å². The van der Waals surface area contributed by atoms with E-state index in [-0.39, 0.29) is 24.8 Å². The van der Waals surface area contributed by atoms with E-state index in [1.165, 1.54) is 5.56 Å². The maximum absolute atomic E-state index is 6.05. The molecule has 0 bridgehead atoms. The van der Waals surface area contributed by atoms with Crippen molar-refractivity contribution in [2.75, 3.05) is 26.2 Å². The maximum atomic E-state index is 6.05. The first-order valence-corrected chi connectivity index (χ1v) is 6.75. The molecule has 1 heterocycles. The Kier molecular flexibility index (Phi) is 8.85. The zero-order chi connectivity index (χ0) is 11.5. The van der Waals surface area contributed by atoms with E-state index in [4.69, 9.17) is 11.6 Å². The minimum Gasteiger partial charge on any atom is -0.314 e. The first kappa shape index (κ1) is 18.5. The second kappa shape index (κ2) is 8.62. The number of benzene rings is 1. The molecule has 1 aliphatic heterocycles. The van der Waals surface area contributed by atoms with E-state index in [2.05, 4.69) is 39.1 Å². The van der Waals surface area contributed by atoms with Crippen molar-refractivity contribution in [1.29, 1.82) is 0 Å². The zero-order valence-electron chi connectivity index (χ0n) is 10.2. The summed E-state index contributed by atoms with van der Waals surface area (Å²) in [4.78, 5) is 2.48. The minimum absolute atomic E-state index is 0. The Hall–Kier alpha value is 0.490. The topological polar surface area (TPSA) is 15.3 Å². The van der Waals surface area contributed by atoms with E-state index in [9.17, 15) is 0 Å². The molecule has 0 aromatic heterocycles. The Morgan fingerprint density at radius 3 is 2.50 bits per heavy atom. The fourth-order valence-corrected chi connectivity index (χ4v) is 2.86. The Morgan fingerprint density at radius 2 is 1.89 bits per heavy atom. The number of halogens is 4. The van der Waals surface area contributed by atoms with Gasteiger partial charge < -0.3 is 5.32 Å². The molecule has 1 N–H and O–H groups in total. The summed E-state index contributed by atoms with van der Waals surface area (Å²) in [6.07, 6.45) is 0. The molecule has 1 aliphatic rings. The van der Waals surface area contributed by atoms with Crippen molar-refractivity contribution in [2.45, 2.75) is 13.0 Å². The largest absolute Gasteiger partial charge is 0.314 e. The van der Waals surface area contributed by atoms with Gasteiger partial charge in [0, 0.05) is 41.7 Å². The summed E-state index contributed by atoms with van der Waals surface area (Å²) in [5.74, 6) is 0. The van der Waals surface area contributed by atoms with Crippen molar-refractivity contribution in [3.05, 3.63) is 33.3 Å². The molecule has 0 radical (unpaired) electrons. The van der Waals surface area contributed by atoms with Crippen LogP contribution in [0.25, 0.3) is 0 Å². The summed E-state index contributed by atoms with van der Waals surface area (Å²) in [6, 6.07) is 6.41. The summed E-state index contributed by atoms with van der Waals surface area (Å²) >= 11 is 9.64. The van der Waals surface area contributed by atoms with Gasteiger partial charge in [-0.05, 0) is 30.7 Å². The van der Waals surface area contributed by atoms with Crippen molar-refractivity contribution in [1.82, 2.24) is 10.2 Å². The standard InChI is InChI=1S/C12H16BrClN2.2ClH/c1-9(16-6-4-15-5-7-16)11-8-10(14)2-3-12(11)13;;/h2-3,8-9,15H,4-7H2,1H3;2*1H/t9-;;/m1../s1. The average Bonchev–Trinajstić information content (AvgIpc) is 2.32. The third-order valence-corrected chi connectivity index (χ3v) is 4.06. The van der Waals surface area contributed by atoms with E-state index < -0.39 is 0 Å². The van der Waals surface area contributed by atoms with E-state index in [1.807, 2.05) is 12.1 Å². The van der Waals surface area contributed by atoms with E-state index in [0.29, 0.717) is 6.04 Å². The van der Waals surface area contributed by atoms with Crippen LogP contribution in [0.1, 0.15) is 18.5 Å². The van der Waals surface area contributed by atoms with Crippen molar-refractivity contribution in [2.24, 2.45) is 0 Å². The summed E-state index contributed by atoms with van der Waals surface area (Å²) in [5.41, 5.74) is 1.27. The summed E-state index contributed by atoms with van der Waals surface area (Å²) in [6.45, 7) is 6.58. The third kappa shape index (κ3) is 4.55. The summed E-state index contributed by atoms with van der Waals surface area (Å²) in [5, 5.41) is 4.17. The average molecular weight is 377 g/mol. The molecule has 2 nitrogen and oxygen atoms in total. The predicted molar refractivity (Wildman–Crippen MR) is 86.5 cm³/mol. The second-order valence-corrected chi connectivity index (χ2v) is 5.42. The highest BCUT2D eigenvalue weighted by atomic mass is 79.9. The lowest BCUT2D eigenvalue weighted by atomic mass is 10.1. The predicted octanol–water partition coefficient (Wildman–Crippen LogP) is 3.91. The molecule has 1 saturated heterocycles. The van der Waals surface area contributed by atoms with Crippen LogP contribution < -0.4 is 5.32 Å². The number of hydrogen-bond acceptors (Lipinski definition) is 2. The van der Waals surface area contributed by atoms with Gasteiger partial charge in [0.2, 0.25) is 0 Å². The molecule has 2 rings (SSSR count). The summed E-state index contributed by atoms with van der Waals surface area (Å²) in [7, 11) is 0.